The molecule has 0 unspecified atom stereocenters. The van der Waals surface area contributed by atoms with Gasteiger partial charge in [-0.05, 0) is 23.1 Å². The predicted octanol–water partition coefficient (Wildman–Crippen LogP) is 4.63. The quantitative estimate of drug-likeness (QED) is 0.430. The molecule has 162 valence electrons. The third-order valence-electron chi connectivity index (χ3n) is 4.92. The van der Waals surface area contributed by atoms with Gasteiger partial charge in [0.25, 0.3) is 0 Å². The van der Waals surface area contributed by atoms with E-state index in [1.165, 1.54) is 12.2 Å². The Balaban J connectivity index is 2.06. The lowest BCUT2D eigenvalue weighted by Gasteiger charge is -2.18. The van der Waals surface area contributed by atoms with Gasteiger partial charge in [-0.1, -0.05) is 55.6 Å². The maximum atomic E-state index is 13.2. The van der Waals surface area contributed by atoms with Crippen LogP contribution in [0.2, 0.25) is 0 Å². The van der Waals surface area contributed by atoms with Crippen molar-refractivity contribution in [2.45, 2.75) is 0 Å². The van der Waals surface area contributed by atoms with Crippen molar-refractivity contribution in [1.82, 2.24) is 0 Å². The zero-order valence-electron chi connectivity index (χ0n) is 17.1. The van der Waals surface area contributed by atoms with E-state index in [2.05, 4.69) is 13.2 Å². The molecule has 0 radical (unpaired) electrons. The number of hydrogen-bond donors (Lipinski definition) is 1. The van der Waals surface area contributed by atoms with E-state index in [-0.39, 0.29) is 36.9 Å². The molecule has 3 aromatic rings. The molecule has 32 heavy (non-hydrogen) atoms. The molecule has 1 N–H and O–H groups in total. The van der Waals surface area contributed by atoms with Crippen LogP contribution in [0.15, 0.2) is 67.8 Å². The largest absolute Gasteiger partial charge is 0.506 e. The molecule has 0 aliphatic carbocycles. The van der Waals surface area contributed by atoms with Gasteiger partial charge in [-0.3, -0.25) is 0 Å². The van der Waals surface area contributed by atoms with Gasteiger partial charge in [0.15, 0.2) is 11.5 Å². The first-order valence-electron chi connectivity index (χ1n) is 9.80. The number of esters is 2. The predicted molar refractivity (Wildman–Crippen MR) is 118 cm³/mol. The highest BCUT2D eigenvalue weighted by Crippen LogP contribution is 2.44. The molecule has 1 heterocycles. The monoisotopic (exact) mass is 432 g/mol. The Hall–Kier alpha value is -4.26. The van der Waals surface area contributed by atoms with E-state index in [0.29, 0.717) is 33.4 Å². The summed E-state index contributed by atoms with van der Waals surface area (Å²) in [5.41, 5.74) is 0.577. The highest BCUT2D eigenvalue weighted by atomic mass is 16.7. The normalized spacial score (nSPS) is 11.8. The van der Waals surface area contributed by atoms with Gasteiger partial charge in [-0.15, -0.1) is 0 Å². The highest BCUT2D eigenvalue weighted by molar-refractivity contribution is 6.18. The van der Waals surface area contributed by atoms with Crippen LogP contribution >= 0.6 is 0 Å². The summed E-state index contributed by atoms with van der Waals surface area (Å²) in [5.74, 6) is -0.978. The molecule has 0 amide bonds. The summed E-state index contributed by atoms with van der Waals surface area (Å²) in [7, 11) is 0. The maximum Gasteiger partial charge on any atom is 0.343 e. The van der Waals surface area contributed by atoms with Gasteiger partial charge in [0.2, 0.25) is 6.79 Å². The zero-order valence-corrected chi connectivity index (χ0v) is 17.1. The average Bonchev–Trinajstić information content (AvgIpc) is 3.28. The van der Waals surface area contributed by atoms with Crippen LogP contribution in [0.3, 0.4) is 0 Å². The second-order valence-electron chi connectivity index (χ2n) is 6.86. The molecule has 0 fully saturated rings. The Morgan fingerprint density at radius 2 is 1.53 bits per heavy atom. The summed E-state index contributed by atoms with van der Waals surface area (Å²) >= 11 is 0. The van der Waals surface area contributed by atoms with E-state index in [4.69, 9.17) is 18.9 Å². The molecule has 0 aromatic heterocycles. The molecule has 0 atom stereocenters. The van der Waals surface area contributed by atoms with Crippen LogP contribution in [0.25, 0.3) is 21.9 Å². The Bertz CT molecular complexity index is 1240. The smallest absolute Gasteiger partial charge is 0.343 e. The molecular weight excluding hydrogens is 412 g/mol. The number of benzene rings is 3. The average molecular weight is 432 g/mol. The summed E-state index contributed by atoms with van der Waals surface area (Å²) in [5, 5.41) is 11.9. The molecule has 0 saturated carbocycles. The van der Waals surface area contributed by atoms with Gasteiger partial charge in [-0.2, -0.15) is 0 Å². The molecular formula is C25H20O7. The molecule has 3 aromatic carbocycles. The van der Waals surface area contributed by atoms with Crippen molar-refractivity contribution in [3.63, 3.8) is 0 Å². The third-order valence-corrected chi connectivity index (χ3v) is 4.92. The first-order valence-corrected chi connectivity index (χ1v) is 9.80. The van der Waals surface area contributed by atoms with Gasteiger partial charge >= 0.3 is 11.9 Å². The molecule has 1 aliphatic rings. The van der Waals surface area contributed by atoms with Crippen molar-refractivity contribution in [3.8, 4) is 28.4 Å². The van der Waals surface area contributed by atoms with E-state index in [0.717, 1.165) is 0 Å². The lowest BCUT2D eigenvalue weighted by molar-refractivity contribution is 0.0501. The minimum atomic E-state index is -0.874. The topological polar surface area (TPSA) is 91.3 Å². The maximum absolute atomic E-state index is 13.2. The van der Waals surface area contributed by atoms with Crippen LogP contribution in [0.4, 0.5) is 0 Å². The van der Waals surface area contributed by atoms with Gasteiger partial charge in [-0.25, -0.2) is 9.59 Å². The summed E-state index contributed by atoms with van der Waals surface area (Å²) in [6, 6.07) is 12.1. The Morgan fingerprint density at radius 1 is 0.906 bits per heavy atom. The van der Waals surface area contributed by atoms with E-state index in [9.17, 15) is 14.7 Å². The van der Waals surface area contributed by atoms with Crippen molar-refractivity contribution in [2.24, 2.45) is 0 Å². The summed E-state index contributed by atoms with van der Waals surface area (Å²) < 4.78 is 21.3. The van der Waals surface area contributed by atoms with Gasteiger partial charge in [0.05, 0.1) is 5.56 Å². The molecule has 4 rings (SSSR count). The number of rotatable bonds is 7. The number of carbonyl (C=O) groups excluding carboxylic acids is 2. The zero-order chi connectivity index (χ0) is 22.7. The number of phenolic OH excluding ortho intramolecular Hbond substituents is 1. The van der Waals surface area contributed by atoms with E-state index in [1.54, 1.807) is 42.5 Å². The lowest BCUT2D eigenvalue weighted by Crippen LogP contribution is -2.16. The summed E-state index contributed by atoms with van der Waals surface area (Å²) in [6.45, 7) is 7.00. The number of phenols is 1. The number of aromatic hydroxyl groups is 1. The first kappa shape index (κ1) is 21.0. The van der Waals surface area contributed by atoms with Crippen LogP contribution in [0.1, 0.15) is 20.7 Å². The lowest BCUT2D eigenvalue weighted by atomic mass is 9.88. The second-order valence-corrected chi connectivity index (χ2v) is 6.86. The fourth-order valence-electron chi connectivity index (χ4n) is 3.59. The van der Waals surface area contributed by atoms with Crippen molar-refractivity contribution < 1.29 is 33.6 Å². The van der Waals surface area contributed by atoms with E-state index < -0.39 is 11.9 Å². The fourth-order valence-corrected chi connectivity index (χ4v) is 3.59. The molecule has 7 nitrogen and oxygen atoms in total. The van der Waals surface area contributed by atoms with Gasteiger partial charge < -0.3 is 24.1 Å². The number of carbonyl (C=O) groups is 2. The Labute approximate surface area is 184 Å². The van der Waals surface area contributed by atoms with Crippen LogP contribution in [0.5, 0.6) is 17.2 Å². The molecule has 0 saturated heterocycles. The number of fused-ring (bicyclic) bond motifs is 2. The Kier molecular flexibility index (Phi) is 5.81. The standard InChI is InChI=1S/C25H20O7/c1-3-11-29-24(27)21-20(15-9-10-18-19(13-15)32-14-31-18)16-7-5-6-8-17(16)23(26)22(21)25(28)30-12-4-2/h3-10,13,26H,1-2,11-12,14H2. The number of ether oxygens (including phenoxy) is 4. The molecule has 0 spiro atoms. The van der Waals surface area contributed by atoms with Crippen LogP contribution in [-0.4, -0.2) is 37.1 Å². The summed E-state index contributed by atoms with van der Waals surface area (Å²) in [4.78, 5) is 26.1. The summed E-state index contributed by atoms with van der Waals surface area (Å²) in [6.07, 6.45) is 2.80. The van der Waals surface area contributed by atoms with Crippen molar-refractivity contribution in [1.29, 1.82) is 0 Å². The first-order chi connectivity index (χ1) is 15.6. The third kappa shape index (κ3) is 3.65. The molecule has 7 heteroatoms. The van der Waals surface area contributed by atoms with Crippen LogP contribution in [-0.2, 0) is 9.47 Å². The molecule has 1 aliphatic heterocycles. The minimum Gasteiger partial charge on any atom is -0.506 e. The minimum absolute atomic E-state index is 0.0753. The SMILES string of the molecule is C=CCOC(=O)c1c(C(=O)OCC=C)c(-c2ccc3c(c2)OCO3)c2ccccc2c1O. The Morgan fingerprint density at radius 3 is 2.22 bits per heavy atom. The highest BCUT2D eigenvalue weighted by Gasteiger charge is 2.31. The van der Waals surface area contributed by atoms with Crippen molar-refractivity contribution in [2.75, 3.05) is 20.0 Å². The van der Waals surface area contributed by atoms with Crippen LogP contribution < -0.4 is 9.47 Å². The van der Waals surface area contributed by atoms with Gasteiger partial charge in [0.1, 0.15) is 24.5 Å². The van der Waals surface area contributed by atoms with Crippen LogP contribution in [0, 0.1) is 0 Å². The van der Waals surface area contributed by atoms with E-state index >= 15 is 0 Å². The molecule has 0 bridgehead atoms. The van der Waals surface area contributed by atoms with Crippen molar-refractivity contribution >= 4 is 22.7 Å². The second kappa shape index (κ2) is 8.85. The van der Waals surface area contributed by atoms with Crippen molar-refractivity contribution in [3.05, 3.63) is 78.9 Å². The number of hydrogen-bond acceptors (Lipinski definition) is 7. The van der Waals surface area contributed by atoms with E-state index in [1.807, 2.05) is 0 Å². The fraction of sp³-hybridized carbons (Fsp3) is 0.120. The van der Waals surface area contributed by atoms with Gasteiger partial charge in [0, 0.05) is 10.9 Å².